The third-order valence-corrected chi connectivity index (χ3v) is 8.60. The SMILES string of the molecule is c1ccc(-c2cc(-c3ccccc3)nc(-c3ccc(-n4c5ccccc5c5ccc6oc7ccccc7c6c54)cc3)c2)cc1. The van der Waals surface area contributed by atoms with E-state index in [1.807, 2.05) is 18.2 Å². The molecule has 9 aromatic rings. The molecule has 0 saturated carbocycles. The molecular formula is C41H26N2O. The van der Waals surface area contributed by atoms with Gasteiger partial charge in [-0.2, -0.15) is 0 Å². The monoisotopic (exact) mass is 562 g/mol. The predicted molar refractivity (Wildman–Crippen MR) is 182 cm³/mol. The highest BCUT2D eigenvalue weighted by atomic mass is 16.3. The molecule has 0 bridgehead atoms. The van der Waals surface area contributed by atoms with Gasteiger partial charge in [-0.05, 0) is 59.7 Å². The van der Waals surface area contributed by atoms with E-state index in [2.05, 4.69) is 144 Å². The second kappa shape index (κ2) is 9.82. The molecule has 9 rings (SSSR count). The molecule has 0 fully saturated rings. The van der Waals surface area contributed by atoms with E-state index in [9.17, 15) is 0 Å². The fourth-order valence-corrected chi connectivity index (χ4v) is 6.55. The standard InChI is InChI=1S/C41H26N2O/c1-3-11-27(12-4-1)30-25-35(28-13-5-2-6-14-28)42-36(26-30)29-19-21-31(22-20-29)43-37-17-9-7-15-32(37)33-23-24-39-40(41(33)43)34-16-8-10-18-38(34)44-39/h1-26H. The zero-order chi connectivity index (χ0) is 29.0. The lowest BCUT2D eigenvalue weighted by molar-refractivity contribution is 0.669. The van der Waals surface area contributed by atoms with Crippen molar-refractivity contribution in [3.8, 4) is 39.3 Å². The zero-order valence-corrected chi connectivity index (χ0v) is 23.8. The summed E-state index contributed by atoms with van der Waals surface area (Å²) in [5, 5.41) is 4.71. The second-order valence-corrected chi connectivity index (χ2v) is 11.2. The summed E-state index contributed by atoms with van der Waals surface area (Å²) in [4.78, 5) is 5.14. The topological polar surface area (TPSA) is 31.0 Å². The van der Waals surface area contributed by atoms with Gasteiger partial charge in [-0.3, -0.25) is 0 Å². The summed E-state index contributed by atoms with van der Waals surface area (Å²) >= 11 is 0. The molecule has 3 aromatic heterocycles. The molecular weight excluding hydrogens is 536 g/mol. The van der Waals surface area contributed by atoms with Crippen LogP contribution in [0.4, 0.5) is 0 Å². The summed E-state index contributed by atoms with van der Waals surface area (Å²) in [5.41, 5.74) is 11.6. The zero-order valence-electron chi connectivity index (χ0n) is 23.8. The van der Waals surface area contributed by atoms with E-state index >= 15 is 0 Å². The van der Waals surface area contributed by atoms with Gasteiger partial charge in [0.2, 0.25) is 0 Å². The van der Waals surface area contributed by atoms with Crippen molar-refractivity contribution in [2.45, 2.75) is 0 Å². The minimum atomic E-state index is 0.898. The number of benzene rings is 6. The van der Waals surface area contributed by atoms with Gasteiger partial charge in [-0.1, -0.05) is 109 Å². The Morgan fingerprint density at radius 2 is 1.05 bits per heavy atom. The van der Waals surface area contributed by atoms with Crippen LogP contribution in [-0.2, 0) is 0 Å². The number of fused-ring (bicyclic) bond motifs is 7. The van der Waals surface area contributed by atoms with Crippen LogP contribution < -0.4 is 0 Å². The summed E-state index contributed by atoms with van der Waals surface area (Å²) in [6.45, 7) is 0. The summed E-state index contributed by atoms with van der Waals surface area (Å²) in [6, 6.07) is 55.3. The van der Waals surface area contributed by atoms with Gasteiger partial charge < -0.3 is 8.98 Å². The summed E-state index contributed by atoms with van der Waals surface area (Å²) in [7, 11) is 0. The number of hydrogen-bond acceptors (Lipinski definition) is 2. The van der Waals surface area contributed by atoms with Gasteiger partial charge in [0.05, 0.1) is 27.8 Å². The molecule has 206 valence electrons. The van der Waals surface area contributed by atoms with E-state index in [-0.39, 0.29) is 0 Å². The Morgan fingerprint density at radius 1 is 0.432 bits per heavy atom. The number of nitrogens with zero attached hydrogens (tertiary/aromatic N) is 2. The van der Waals surface area contributed by atoms with E-state index in [1.165, 1.54) is 21.9 Å². The van der Waals surface area contributed by atoms with Crippen LogP contribution >= 0.6 is 0 Å². The number of aromatic nitrogens is 2. The summed E-state index contributed by atoms with van der Waals surface area (Å²) < 4.78 is 8.68. The Balaban J connectivity index is 1.25. The van der Waals surface area contributed by atoms with Crippen LogP contribution in [0, 0.1) is 0 Å². The highest BCUT2D eigenvalue weighted by Gasteiger charge is 2.19. The van der Waals surface area contributed by atoms with Crippen LogP contribution in [0.15, 0.2) is 162 Å². The molecule has 0 N–H and O–H groups in total. The van der Waals surface area contributed by atoms with Crippen molar-refractivity contribution in [1.82, 2.24) is 9.55 Å². The molecule has 0 unspecified atom stereocenters. The average Bonchev–Trinajstić information content (AvgIpc) is 3.65. The maximum absolute atomic E-state index is 6.30. The molecule has 0 aliphatic carbocycles. The van der Waals surface area contributed by atoms with Crippen molar-refractivity contribution in [3.05, 3.63) is 158 Å². The lowest BCUT2D eigenvalue weighted by Crippen LogP contribution is -1.95. The van der Waals surface area contributed by atoms with Crippen molar-refractivity contribution >= 4 is 43.7 Å². The van der Waals surface area contributed by atoms with Gasteiger partial charge in [0, 0.05) is 33.0 Å². The molecule has 3 heteroatoms. The molecule has 0 aliphatic heterocycles. The van der Waals surface area contributed by atoms with Crippen LogP contribution in [0.25, 0.3) is 83.1 Å². The Hall–Kier alpha value is -5.93. The third kappa shape index (κ3) is 3.87. The lowest BCUT2D eigenvalue weighted by atomic mass is 10.00. The van der Waals surface area contributed by atoms with E-state index in [0.717, 1.165) is 61.2 Å². The van der Waals surface area contributed by atoms with Crippen molar-refractivity contribution in [2.75, 3.05) is 0 Å². The lowest BCUT2D eigenvalue weighted by Gasteiger charge is -2.12. The normalized spacial score (nSPS) is 11.6. The molecule has 44 heavy (non-hydrogen) atoms. The van der Waals surface area contributed by atoms with Gasteiger partial charge >= 0.3 is 0 Å². The summed E-state index contributed by atoms with van der Waals surface area (Å²) in [6.07, 6.45) is 0. The quantitative estimate of drug-likeness (QED) is 0.214. The van der Waals surface area contributed by atoms with E-state index in [4.69, 9.17) is 9.40 Å². The molecule has 0 atom stereocenters. The molecule has 3 nitrogen and oxygen atoms in total. The smallest absolute Gasteiger partial charge is 0.137 e. The molecule has 0 aliphatic rings. The number of pyridine rings is 1. The molecule has 0 spiro atoms. The molecule has 0 saturated heterocycles. The number of hydrogen-bond donors (Lipinski definition) is 0. The van der Waals surface area contributed by atoms with Crippen LogP contribution in [0.3, 0.4) is 0 Å². The number of para-hydroxylation sites is 2. The molecule has 0 radical (unpaired) electrons. The van der Waals surface area contributed by atoms with Crippen LogP contribution in [0.5, 0.6) is 0 Å². The Bertz CT molecular complexity index is 2410. The Morgan fingerprint density at radius 3 is 1.80 bits per heavy atom. The maximum atomic E-state index is 6.30. The minimum absolute atomic E-state index is 0.898. The fraction of sp³-hybridized carbons (Fsp3) is 0. The molecule has 0 amide bonds. The van der Waals surface area contributed by atoms with E-state index < -0.39 is 0 Å². The first-order valence-corrected chi connectivity index (χ1v) is 14.9. The molecule has 3 heterocycles. The number of rotatable bonds is 4. The first kappa shape index (κ1) is 24.6. The highest BCUT2D eigenvalue weighted by Crippen LogP contribution is 2.41. The first-order valence-electron chi connectivity index (χ1n) is 14.9. The minimum Gasteiger partial charge on any atom is -0.456 e. The van der Waals surface area contributed by atoms with Gasteiger partial charge in [0.25, 0.3) is 0 Å². The van der Waals surface area contributed by atoms with E-state index in [0.29, 0.717) is 0 Å². The average molecular weight is 563 g/mol. The first-order chi connectivity index (χ1) is 21.8. The van der Waals surface area contributed by atoms with Crippen molar-refractivity contribution < 1.29 is 4.42 Å². The van der Waals surface area contributed by atoms with Gasteiger partial charge in [-0.25, -0.2) is 4.98 Å². The predicted octanol–water partition coefficient (Wildman–Crippen LogP) is 11.1. The number of furan rings is 1. The van der Waals surface area contributed by atoms with Crippen molar-refractivity contribution in [1.29, 1.82) is 0 Å². The highest BCUT2D eigenvalue weighted by molar-refractivity contribution is 6.24. The van der Waals surface area contributed by atoms with E-state index in [1.54, 1.807) is 0 Å². The van der Waals surface area contributed by atoms with Crippen molar-refractivity contribution in [3.63, 3.8) is 0 Å². The third-order valence-electron chi connectivity index (χ3n) is 8.60. The largest absolute Gasteiger partial charge is 0.456 e. The van der Waals surface area contributed by atoms with Crippen LogP contribution in [0.2, 0.25) is 0 Å². The van der Waals surface area contributed by atoms with Gasteiger partial charge in [0.1, 0.15) is 11.2 Å². The van der Waals surface area contributed by atoms with Crippen molar-refractivity contribution in [2.24, 2.45) is 0 Å². The Labute approximate surface area is 254 Å². The molecule has 6 aromatic carbocycles. The van der Waals surface area contributed by atoms with Gasteiger partial charge in [0.15, 0.2) is 0 Å². The van der Waals surface area contributed by atoms with Crippen LogP contribution in [-0.4, -0.2) is 9.55 Å². The van der Waals surface area contributed by atoms with Gasteiger partial charge in [-0.15, -0.1) is 0 Å². The second-order valence-electron chi connectivity index (χ2n) is 11.2. The van der Waals surface area contributed by atoms with Crippen LogP contribution in [0.1, 0.15) is 0 Å². The fourth-order valence-electron chi connectivity index (χ4n) is 6.55. The maximum Gasteiger partial charge on any atom is 0.137 e. The summed E-state index contributed by atoms with van der Waals surface area (Å²) in [5.74, 6) is 0. The Kier molecular flexibility index (Phi) is 5.50.